The number of nitrogens with zero attached hydrogens (tertiary/aromatic N) is 4. The summed E-state index contributed by atoms with van der Waals surface area (Å²) < 4.78 is 20.6. The van der Waals surface area contributed by atoms with Crippen molar-refractivity contribution in [3.8, 4) is 17.6 Å². The number of hydrogen-bond acceptors (Lipinski definition) is 8. The van der Waals surface area contributed by atoms with Crippen LogP contribution in [0.5, 0.6) is 11.5 Å². The fraction of sp³-hybridized carbons (Fsp3) is 0.200. The van der Waals surface area contributed by atoms with Gasteiger partial charge in [-0.2, -0.15) is 5.26 Å². The van der Waals surface area contributed by atoms with Gasteiger partial charge in [-0.15, -0.1) is 0 Å². The summed E-state index contributed by atoms with van der Waals surface area (Å²) >= 11 is 1.26. The van der Waals surface area contributed by atoms with E-state index in [4.69, 9.17) is 19.2 Å². The Kier molecular flexibility index (Phi) is 8.11. The Hall–Kier alpha value is -5.40. The zero-order valence-electron chi connectivity index (χ0n) is 25.2. The molecule has 2 aromatic heterocycles. The number of aromatic nitrogens is 2. The van der Waals surface area contributed by atoms with Crippen molar-refractivity contribution >= 4 is 34.3 Å². The molecule has 0 saturated carbocycles. The molecule has 10 heteroatoms. The second kappa shape index (κ2) is 12.3. The molecule has 3 heterocycles. The first-order chi connectivity index (χ1) is 21.9. The van der Waals surface area contributed by atoms with Crippen LogP contribution in [0.1, 0.15) is 42.1 Å². The highest BCUT2D eigenvalue weighted by atomic mass is 32.1. The third kappa shape index (κ3) is 5.32. The number of benzene rings is 3. The molecule has 6 rings (SSSR count). The van der Waals surface area contributed by atoms with Crippen LogP contribution >= 0.6 is 11.3 Å². The van der Waals surface area contributed by atoms with Gasteiger partial charge in [0.2, 0.25) is 0 Å². The predicted octanol–water partition coefficient (Wildman–Crippen LogP) is 4.69. The largest absolute Gasteiger partial charge is 0.497 e. The summed E-state index contributed by atoms with van der Waals surface area (Å²) in [5.41, 5.74) is 4.41. The number of thiazole rings is 1. The molecule has 9 nitrogen and oxygen atoms in total. The third-order valence-corrected chi connectivity index (χ3v) is 8.82. The van der Waals surface area contributed by atoms with Crippen molar-refractivity contribution in [2.24, 2.45) is 4.99 Å². The van der Waals surface area contributed by atoms with Crippen molar-refractivity contribution in [3.05, 3.63) is 126 Å². The van der Waals surface area contributed by atoms with Gasteiger partial charge >= 0.3 is 5.97 Å². The number of hydrogen-bond donors (Lipinski definition) is 0. The van der Waals surface area contributed by atoms with E-state index < -0.39 is 12.0 Å². The number of rotatable bonds is 8. The lowest BCUT2D eigenvalue weighted by Crippen LogP contribution is -2.40. The molecule has 226 valence electrons. The Balaban J connectivity index is 1.54. The molecule has 0 amide bonds. The number of carbonyl (C=O) groups excluding carboxylic acids is 1. The molecule has 1 atom stereocenters. The Morgan fingerprint density at radius 1 is 1.09 bits per heavy atom. The van der Waals surface area contributed by atoms with Crippen LogP contribution in [-0.2, 0) is 16.1 Å². The lowest BCUT2D eigenvalue weighted by atomic mass is 9.95. The van der Waals surface area contributed by atoms with E-state index in [9.17, 15) is 14.9 Å². The number of allylic oxidation sites excluding steroid dienone is 1. The number of carbonyl (C=O) groups is 1. The average molecular weight is 619 g/mol. The van der Waals surface area contributed by atoms with Gasteiger partial charge in [-0.25, -0.2) is 9.79 Å². The first-order valence-electron chi connectivity index (χ1n) is 14.4. The summed E-state index contributed by atoms with van der Waals surface area (Å²) in [6, 6.07) is 22.2. The molecule has 3 aromatic carbocycles. The molecule has 45 heavy (non-hydrogen) atoms. The Labute approximate surface area is 263 Å². The molecular formula is C35H30N4O5S. The molecule has 0 bridgehead atoms. The van der Waals surface area contributed by atoms with Crippen LogP contribution in [0.15, 0.2) is 94.0 Å². The first-order valence-corrected chi connectivity index (χ1v) is 15.2. The quantitative estimate of drug-likeness (QED) is 0.234. The van der Waals surface area contributed by atoms with Crippen LogP contribution in [0, 0.1) is 11.3 Å². The van der Waals surface area contributed by atoms with Gasteiger partial charge in [0.1, 0.15) is 17.5 Å². The zero-order valence-corrected chi connectivity index (χ0v) is 26.1. The number of para-hydroxylation sites is 1. The second-order valence-corrected chi connectivity index (χ2v) is 11.4. The normalized spacial score (nSPS) is 14.6. The molecule has 1 aliphatic heterocycles. The first kappa shape index (κ1) is 29.7. The molecular weight excluding hydrogens is 588 g/mol. The van der Waals surface area contributed by atoms with Crippen molar-refractivity contribution in [1.29, 1.82) is 5.26 Å². The molecule has 0 saturated heterocycles. The fourth-order valence-electron chi connectivity index (χ4n) is 5.74. The van der Waals surface area contributed by atoms with Gasteiger partial charge in [-0.1, -0.05) is 47.7 Å². The van der Waals surface area contributed by atoms with Crippen molar-refractivity contribution < 1.29 is 19.0 Å². The van der Waals surface area contributed by atoms with E-state index in [1.54, 1.807) is 43.7 Å². The van der Waals surface area contributed by atoms with Crippen LogP contribution in [-0.4, -0.2) is 35.9 Å². The summed E-state index contributed by atoms with van der Waals surface area (Å²) in [6.07, 6.45) is 3.86. The maximum absolute atomic E-state index is 14.3. The maximum Gasteiger partial charge on any atom is 0.338 e. The van der Waals surface area contributed by atoms with Crippen LogP contribution in [0.4, 0.5) is 0 Å². The molecule has 0 radical (unpaired) electrons. The van der Waals surface area contributed by atoms with Crippen molar-refractivity contribution in [3.63, 3.8) is 0 Å². The van der Waals surface area contributed by atoms with Crippen molar-refractivity contribution in [1.82, 2.24) is 9.13 Å². The molecule has 0 spiro atoms. The van der Waals surface area contributed by atoms with Gasteiger partial charge in [0.25, 0.3) is 5.56 Å². The minimum atomic E-state index is -0.827. The van der Waals surface area contributed by atoms with E-state index in [0.29, 0.717) is 44.2 Å². The Morgan fingerprint density at radius 3 is 2.62 bits per heavy atom. The summed E-state index contributed by atoms with van der Waals surface area (Å²) in [5, 5.41) is 10.6. The molecule has 1 aliphatic rings. The van der Waals surface area contributed by atoms with E-state index in [2.05, 4.69) is 10.6 Å². The highest BCUT2D eigenvalue weighted by molar-refractivity contribution is 7.07. The second-order valence-electron chi connectivity index (χ2n) is 10.4. The molecule has 0 fully saturated rings. The Bertz CT molecular complexity index is 2220. The summed E-state index contributed by atoms with van der Waals surface area (Å²) in [5.74, 6) is 0.498. The minimum absolute atomic E-state index is 0.176. The van der Waals surface area contributed by atoms with E-state index in [1.165, 1.54) is 18.4 Å². The topological polar surface area (TPSA) is 108 Å². The Morgan fingerprint density at radius 2 is 1.87 bits per heavy atom. The molecule has 0 unspecified atom stereocenters. The monoisotopic (exact) mass is 618 g/mol. The number of ether oxygens (including phenoxy) is 3. The number of nitriles is 1. The van der Waals surface area contributed by atoms with Crippen LogP contribution in [0.25, 0.3) is 17.0 Å². The molecule has 5 aromatic rings. The minimum Gasteiger partial charge on any atom is -0.497 e. The van der Waals surface area contributed by atoms with Gasteiger partial charge in [-0.05, 0) is 49.8 Å². The highest BCUT2D eigenvalue weighted by Crippen LogP contribution is 2.37. The summed E-state index contributed by atoms with van der Waals surface area (Å²) in [7, 11) is 3.10. The van der Waals surface area contributed by atoms with Gasteiger partial charge in [0.05, 0.1) is 48.3 Å². The maximum atomic E-state index is 14.3. The van der Waals surface area contributed by atoms with Crippen molar-refractivity contribution in [2.75, 3.05) is 20.8 Å². The number of fused-ring (bicyclic) bond motifs is 2. The number of esters is 1. The van der Waals surface area contributed by atoms with E-state index in [1.807, 2.05) is 60.8 Å². The SMILES string of the molecule is CCOC(=O)C1=C(C)N=c2s/c(=C/c3cn(Cc4ccccc4C#N)c4ccccc34)c(=O)n2[C@H]1c1ccc(OC)cc1OC. The van der Waals surface area contributed by atoms with Gasteiger partial charge in [-0.3, -0.25) is 9.36 Å². The van der Waals surface area contributed by atoms with Gasteiger partial charge in [0, 0.05) is 40.8 Å². The fourth-order valence-corrected chi connectivity index (χ4v) is 6.78. The average Bonchev–Trinajstić information content (AvgIpc) is 3.56. The van der Waals surface area contributed by atoms with E-state index in [0.717, 1.165) is 22.0 Å². The summed E-state index contributed by atoms with van der Waals surface area (Å²) in [6.45, 7) is 4.16. The van der Waals surface area contributed by atoms with Gasteiger partial charge < -0.3 is 18.8 Å². The van der Waals surface area contributed by atoms with Crippen molar-refractivity contribution in [2.45, 2.75) is 26.4 Å². The highest BCUT2D eigenvalue weighted by Gasteiger charge is 2.35. The third-order valence-electron chi connectivity index (χ3n) is 7.84. The standard InChI is InChI=1S/C35H30N4O5S/c1-5-44-34(41)31-21(2)37-35-39(32(31)27-15-14-25(42-3)17-29(27)43-4)33(40)30(45-35)16-24-20-38(28-13-9-8-12-26(24)28)19-23-11-7-6-10-22(23)18-36/h6-17,20,32H,5,19H2,1-4H3/b30-16+/t32-/m0/s1. The molecule has 0 aliphatic carbocycles. The van der Waals surface area contributed by atoms with E-state index in [-0.39, 0.29) is 17.7 Å². The van der Waals surface area contributed by atoms with E-state index >= 15 is 0 Å². The zero-order chi connectivity index (χ0) is 31.7. The van der Waals surface area contributed by atoms with Crippen LogP contribution < -0.4 is 24.4 Å². The lowest BCUT2D eigenvalue weighted by molar-refractivity contribution is -0.139. The smallest absolute Gasteiger partial charge is 0.338 e. The lowest BCUT2D eigenvalue weighted by Gasteiger charge is -2.26. The van der Waals surface area contributed by atoms with Crippen LogP contribution in [0.3, 0.4) is 0 Å². The molecule has 0 N–H and O–H groups in total. The van der Waals surface area contributed by atoms with Gasteiger partial charge in [0.15, 0.2) is 4.80 Å². The predicted molar refractivity (Wildman–Crippen MR) is 172 cm³/mol. The summed E-state index contributed by atoms with van der Waals surface area (Å²) in [4.78, 5) is 32.8. The van der Waals surface area contributed by atoms with Crippen LogP contribution in [0.2, 0.25) is 0 Å². The number of methoxy groups -OCH3 is 2.